The predicted octanol–water partition coefficient (Wildman–Crippen LogP) is 0.942. The topological polar surface area (TPSA) is 64.9 Å². The molecule has 66 valence electrons. The van der Waals surface area contributed by atoms with Crippen molar-refractivity contribution < 1.29 is 4.39 Å². The van der Waals surface area contributed by atoms with E-state index in [9.17, 15) is 4.39 Å². The molecule has 0 radical (unpaired) electrons. The predicted molar refractivity (Wildman–Crippen MR) is 47.9 cm³/mol. The summed E-state index contributed by atoms with van der Waals surface area (Å²) < 4.78 is 13.5. The number of halogens is 2. The van der Waals surface area contributed by atoms with Gasteiger partial charge in [-0.1, -0.05) is 0 Å². The summed E-state index contributed by atoms with van der Waals surface area (Å²) in [6, 6.07) is 2.28. The van der Waals surface area contributed by atoms with Crippen LogP contribution < -0.4 is 11.5 Å². The maximum Gasteiger partial charge on any atom is 0.146 e. The van der Waals surface area contributed by atoms with E-state index in [-0.39, 0.29) is 12.2 Å². The Balaban J connectivity index is 3.04. The molecule has 0 aliphatic rings. The highest BCUT2D eigenvalue weighted by Crippen LogP contribution is 2.15. The van der Waals surface area contributed by atoms with Crippen LogP contribution in [0.25, 0.3) is 0 Å². The molecule has 1 aromatic heterocycles. The maximum atomic E-state index is 13.0. The molecule has 3 nitrogen and oxygen atoms in total. The van der Waals surface area contributed by atoms with Crippen LogP contribution in [-0.4, -0.2) is 11.5 Å². The lowest BCUT2D eigenvalue weighted by atomic mass is 10.2. The Bertz CT molecular complexity index is 279. The first-order valence-electron chi connectivity index (χ1n) is 3.42. The molecule has 1 rings (SSSR count). The maximum absolute atomic E-state index is 13.0. The number of hydrogen-bond acceptors (Lipinski definition) is 3. The summed E-state index contributed by atoms with van der Waals surface area (Å²) in [7, 11) is 0. The molecule has 0 amide bonds. The Morgan fingerprint density at radius 3 is 2.83 bits per heavy atom. The van der Waals surface area contributed by atoms with Gasteiger partial charge in [-0.05, 0) is 28.1 Å². The molecule has 1 heterocycles. The monoisotopic (exact) mass is 233 g/mol. The van der Waals surface area contributed by atoms with Gasteiger partial charge in [0, 0.05) is 6.54 Å². The quantitative estimate of drug-likeness (QED) is 0.748. The summed E-state index contributed by atoms with van der Waals surface area (Å²) in [5, 5.41) is 0. The molecule has 0 saturated carbocycles. The first-order valence-corrected chi connectivity index (χ1v) is 4.22. The SMILES string of the molecule is NCC(N)c1nc(Br)ccc1F. The molecular weight excluding hydrogens is 225 g/mol. The Morgan fingerprint density at radius 2 is 2.25 bits per heavy atom. The van der Waals surface area contributed by atoms with E-state index in [1.807, 2.05) is 0 Å². The van der Waals surface area contributed by atoms with Crippen LogP contribution in [0.5, 0.6) is 0 Å². The van der Waals surface area contributed by atoms with E-state index in [0.717, 1.165) is 0 Å². The van der Waals surface area contributed by atoms with Crippen molar-refractivity contribution in [2.24, 2.45) is 11.5 Å². The van der Waals surface area contributed by atoms with Crippen LogP contribution in [0, 0.1) is 5.82 Å². The van der Waals surface area contributed by atoms with Crippen molar-refractivity contribution in [3.8, 4) is 0 Å². The van der Waals surface area contributed by atoms with Gasteiger partial charge < -0.3 is 11.5 Å². The molecule has 0 aromatic carbocycles. The van der Waals surface area contributed by atoms with Gasteiger partial charge in [0.2, 0.25) is 0 Å². The van der Waals surface area contributed by atoms with Gasteiger partial charge in [-0.2, -0.15) is 0 Å². The van der Waals surface area contributed by atoms with Crippen molar-refractivity contribution in [3.63, 3.8) is 0 Å². The van der Waals surface area contributed by atoms with Gasteiger partial charge in [-0.15, -0.1) is 0 Å². The third-order valence-corrected chi connectivity index (χ3v) is 1.89. The van der Waals surface area contributed by atoms with Gasteiger partial charge in [-0.25, -0.2) is 9.37 Å². The zero-order valence-corrected chi connectivity index (χ0v) is 7.88. The minimum Gasteiger partial charge on any atom is -0.329 e. The van der Waals surface area contributed by atoms with Crippen molar-refractivity contribution in [1.82, 2.24) is 4.98 Å². The molecule has 0 bridgehead atoms. The van der Waals surface area contributed by atoms with E-state index in [4.69, 9.17) is 11.5 Å². The highest BCUT2D eigenvalue weighted by Gasteiger charge is 2.11. The third-order valence-electron chi connectivity index (χ3n) is 1.44. The lowest BCUT2D eigenvalue weighted by Gasteiger charge is -2.08. The van der Waals surface area contributed by atoms with Crippen molar-refractivity contribution in [3.05, 3.63) is 28.2 Å². The number of pyridine rings is 1. The Hall–Kier alpha value is -0.520. The summed E-state index contributed by atoms with van der Waals surface area (Å²) in [6.45, 7) is 0.181. The fourth-order valence-corrected chi connectivity index (χ4v) is 1.13. The molecule has 1 aromatic rings. The summed E-state index contributed by atoms with van der Waals surface area (Å²) in [4.78, 5) is 3.88. The van der Waals surface area contributed by atoms with Crippen molar-refractivity contribution in [2.45, 2.75) is 6.04 Å². The van der Waals surface area contributed by atoms with Gasteiger partial charge in [0.1, 0.15) is 10.4 Å². The lowest BCUT2D eigenvalue weighted by Crippen LogP contribution is -2.23. The van der Waals surface area contributed by atoms with Crippen LogP contribution in [-0.2, 0) is 0 Å². The minimum atomic E-state index is -0.539. The van der Waals surface area contributed by atoms with Crippen LogP contribution in [0.3, 0.4) is 0 Å². The van der Waals surface area contributed by atoms with Crippen LogP contribution in [0.2, 0.25) is 0 Å². The summed E-state index contributed by atoms with van der Waals surface area (Å²) in [6.07, 6.45) is 0. The molecule has 1 unspecified atom stereocenters. The smallest absolute Gasteiger partial charge is 0.146 e. The number of rotatable bonds is 2. The molecule has 0 fully saturated rings. The molecule has 4 N–H and O–H groups in total. The van der Waals surface area contributed by atoms with E-state index in [1.54, 1.807) is 0 Å². The molecule has 0 spiro atoms. The van der Waals surface area contributed by atoms with E-state index < -0.39 is 11.9 Å². The van der Waals surface area contributed by atoms with Crippen molar-refractivity contribution in [1.29, 1.82) is 0 Å². The molecule has 0 aliphatic carbocycles. The lowest BCUT2D eigenvalue weighted by molar-refractivity contribution is 0.567. The van der Waals surface area contributed by atoms with E-state index >= 15 is 0 Å². The Kier molecular flexibility index (Phi) is 3.13. The van der Waals surface area contributed by atoms with Crippen molar-refractivity contribution >= 4 is 15.9 Å². The zero-order chi connectivity index (χ0) is 9.14. The zero-order valence-electron chi connectivity index (χ0n) is 6.30. The highest BCUT2D eigenvalue weighted by atomic mass is 79.9. The van der Waals surface area contributed by atoms with Gasteiger partial charge in [0.15, 0.2) is 0 Å². The second kappa shape index (κ2) is 3.93. The third kappa shape index (κ3) is 2.00. The second-order valence-corrected chi connectivity index (χ2v) is 3.16. The Morgan fingerprint density at radius 1 is 1.58 bits per heavy atom. The van der Waals surface area contributed by atoms with Gasteiger partial charge >= 0.3 is 0 Å². The molecule has 1 atom stereocenters. The van der Waals surface area contributed by atoms with Gasteiger partial charge in [-0.3, -0.25) is 0 Å². The first-order chi connectivity index (χ1) is 5.65. The fraction of sp³-hybridized carbons (Fsp3) is 0.286. The summed E-state index contributed by atoms with van der Waals surface area (Å²) >= 11 is 3.12. The minimum absolute atomic E-state index is 0.181. The van der Waals surface area contributed by atoms with Crippen molar-refractivity contribution in [2.75, 3.05) is 6.54 Å². The standard InChI is InChI=1S/C7H9BrFN3/c8-6-2-1-4(9)7(12-6)5(11)3-10/h1-2,5H,3,10-11H2. The average Bonchev–Trinajstić information content (AvgIpc) is 2.08. The molecule has 12 heavy (non-hydrogen) atoms. The molecule has 0 saturated heterocycles. The molecule has 5 heteroatoms. The number of hydrogen-bond donors (Lipinski definition) is 2. The van der Waals surface area contributed by atoms with E-state index in [2.05, 4.69) is 20.9 Å². The van der Waals surface area contributed by atoms with Gasteiger partial charge in [0.25, 0.3) is 0 Å². The molecular formula is C7H9BrFN3. The van der Waals surface area contributed by atoms with E-state index in [1.165, 1.54) is 12.1 Å². The largest absolute Gasteiger partial charge is 0.329 e. The summed E-state index contributed by atoms with van der Waals surface area (Å²) in [5.74, 6) is -0.420. The second-order valence-electron chi connectivity index (χ2n) is 2.34. The first kappa shape index (κ1) is 9.57. The fourth-order valence-electron chi connectivity index (χ4n) is 0.805. The highest BCUT2D eigenvalue weighted by molar-refractivity contribution is 9.10. The average molecular weight is 234 g/mol. The normalized spacial score (nSPS) is 13.0. The van der Waals surface area contributed by atoms with Crippen LogP contribution in [0.15, 0.2) is 16.7 Å². The number of aromatic nitrogens is 1. The van der Waals surface area contributed by atoms with E-state index in [0.29, 0.717) is 4.60 Å². The number of nitrogens with two attached hydrogens (primary N) is 2. The van der Waals surface area contributed by atoms with Crippen LogP contribution in [0.1, 0.15) is 11.7 Å². The number of nitrogens with zero attached hydrogens (tertiary/aromatic N) is 1. The summed E-state index contributed by atoms with van der Waals surface area (Å²) in [5.41, 5.74) is 11.0. The Labute approximate surface area is 78.1 Å². The van der Waals surface area contributed by atoms with Gasteiger partial charge in [0.05, 0.1) is 11.7 Å². The molecule has 0 aliphatic heterocycles. The van der Waals surface area contributed by atoms with Crippen LogP contribution in [0.4, 0.5) is 4.39 Å². The van der Waals surface area contributed by atoms with Crippen LogP contribution >= 0.6 is 15.9 Å².